The molecule has 1 aromatic carbocycles. The van der Waals surface area contributed by atoms with Crippen molar-refractivity contribution in [2.24, 2.45) is 5.92 Å². The maximum absolute atomic E-state index is 5.81. The lowest BCUT2D eigenvalue weighted by Gasteiger charge is -2.37. The predicted molar refractivity (Wildman–Crippen MR) is 105 cm³/mol. The third kappa shape index (κ3) is 3.45. The van der Waals surface area contributed by atoms with Crippen LogP contribution in [0.3, 0.4) is 0 Å². The van der Waals surface area contributed by atoms with Gasteiger partial charge in [0.05, 0.1) is 0 Å². The van der Waals surface area contributed by atoms with Crippen LogP contribution in [-0.4, -0.2) is 35.6 Å². The summed E-state index contributed by atoms with van der Waals surface area (Å²) in [6, 6.07) is 11.1. The molecule has 26 heavy (non-hydrogen) atoms. The van der Waals surface area contributed by atoms with E-state index >= 15 is 0 Å². The molecule has 7 nitrogen and oxygen atoms in total. The van der Waals surface area contributed by atoms with Crippen LogP contribution in [0.1, 0.15) is 29.9 Å². The number of aryl methyl sites for hydroxylation is 1. The summed E-state index contributed by atoms with van der Waals surface area (Å²) in [5.74, 6) is 2.64. The Morgan fingerprint density at radius 2 is 1.92 bits per heavy atom. The van der Waals surface area contributed by atoms with E-state index in [4.69, 9.17) is 11.5 Å². The number of benzene rings is 1. The first-order valence-electron chi connectivity index (χ1n) is 9.30. The molecule has 2 unspecified atom stereocenters. The average Bonchev–Trinajstić information content (AvgIpc) is 3.11. The number of piperidine rings is 1. The SMILES string of the molecule is Cc1cccc(C2CNNC2C2CCN(c3cc(N)nc(N)n3)CC2)c1. The molecule has 0 bridgehead atoms. The molecule has 2 aromatic rings. The number of nitrogen functional groups attached to an aromatic ring is 2. The molecule has 1 aromatic heterocycles. The zero-order chi connectivity index (χ0) is 18.1. The fourth-order valence-electron chi connectivity index (χ4n) is 4.31. The fraction of sp³-hybridized carbons (Fsp3) is 0.474. The van der Waals surface area contributed by atoms with E-state index in [0.29, 0.717) is 23.7 Å². The molecule has 0 spiro atoms. The highest BCUT2D eigenvalue weighted by atomic mass is 15.4. The zero-order valence-corrected chi connectivity index (χ0v) is 15.2. The summed E-state index contributed by atoms with van der Waals surface area (Å²) in [6.45, 7) is 5.05. The van der Waals surface area contributed by atoms with Crippen molar-refractivity contribution in [3.8, 4) is 0 Å². The Morgan fingerprint density at radius 3 is 2.65 bits per heavy atom. The van der Waals surface area contributed by atoms with E-state index in [9.17, 15) is 0 Å². The van der Waals surface area contributed by atoms with E-state index in [2.05, 4.69) is 56.9 Å². The second kappa shape index (κ2) is 7.09. The molecule has 0 saturated carbocycles. The molecular formula is C19H27N7. The second-order valence-electron chi connectivity index (χ2n) is 7.41. The van der Waals surface area contributed by atoms with Gasteiger partial charge < -0.3 is 16.4 Å². The highest BCUT2D eigenvalue weighted by Crippen LogP contribution is 2.33. The summed E-state index contributed by atoms with van der Waals surface area (Å²) in [4.78, 5) is 10.6. The molecule has 2 atom stereocenters. The zero-order valence-electron chi connectivity index (χ0n) is 15.2. The van der Waals surface area contributed by atoms with Gasteiger partial charge in [-0.1, -0.05) is 29.8 Å². The van der Waals surface area contributed by atoms with Gasteiger partial charge in [0, 0.05) is 37.7 Å². The summed E-state index contributed by atoms with van der Waals surface area (Å²) in [5, 5.41) is 0. The van der Waals surface area contributed by atoms with Crippen LogP contribution in [0.25, 0.3) is 0 Å². The number of rotatable bonds is 3. The van der Waals surface area contributed by atoms with Crippen LogP contribution in [0.15, 0.2) is 30.3 Å². The average molecular weight is 353 g/mol. The normalized spacial score (nSPS) is 24.1. The molecule has 6 N–H and O–H groups in total. The first-order chi connectivity index (χ1) is 12.6. The minimum absolute atomic E-state index is 0.239. The van der Waals surface area contributed by atoms with E-state index in [1.54, 1.807) is 0 Å². The molecule has 2 saturated heterocycles. The van der Waals surface area contributed by atoms with Gasteiger partial charge in [-0.3, -0.25) is 10.9 Å². The Hall–Kier alpha value is -2.38. The maximum atomic E-state index is 5.81. The van der Waals surface area contributed by atoms with Crippen LogP contribution >= 0.6 is 0 Å². The summed E-state index contributed by atoms with van der Waals surface area (Å²) >= 11 is 0. The van der Waals surface area contributed by atoms with Crippen LogP contribution in [0.2, 0.25) is 0 Å². The number of hydrogen-bond donors (Lipinski definition) is 4. The molecule has 0 amide bonds. The standard InChI is InChI=1S/C19H27N7/c1-12-3-2-4-14(9-12)15-11-22-25-18(15)13-5-7-26(8-6-13)17-10-16(20)23-19(21)24-17/h2-4,9-10,13,15,18,22,25H,5-8,11H2,1H3,(H4,20,21,23,24). The largest absolute Gasteiger partial charge is 0.383 e. The first kappa shape index (κ1) is 17.1. The van der Waals surface area contributed by atoms with Crippen molar-refractivity contribution in [2.75, 3.05) is 36.0 Å². The number of nitrogens with zero attached hydrogens (tertiary/aromatic N) is 3. The number of aromatic nitrogens is 2. The molecular weight excluding hydrogens is 326 g/mol. The van der Waals surface area contributed by atoms with Crippen LogP contribution < -0.4 is 27.2 Å². The topological polar surface area (TPSA) is 105 Å². The molecule has 0 aliphatic carbocycles. The van der Waals surface area contributed by atoms with Gasteiger partial charge in [-0.05, 0) is 31.2 Å². The minimum atomic E-state index is 0.239. The lowest BCUT2D eigenvalue weighted by Crippen LogP contribution is -2.44. The molecule has 2 aliphatic rings. The molecule has 4 rings (SSSR count). The second-order valence-corrected chi connectivity index (χ2v) is 7.41. The molecule has 3 heterocycles. The molecule has 0 radical (unpaired) electrons. The lowest BCUT2D eigenvalue weighted by molar-refractivity contribution is 0.295. The Labute approximate surface area is 154 Å². The smallest absolute Gasteiger partial charge is 0.223 e. The van der Waals surface area contributed by atoms with Crippen LogP contribution in [0.4, 0.5) is 17.6 Å². The quantitative estimate of drug-likeness (QED) is 0.661. The van der Waals surface area contributed by atoms with Crippen molar-refractivity contribution in [3.05, 3.63) is 41.5 Å². The first-order valence-corrected chi connectivity index (χ1v) is 9.30. The van der Waals surface area contributed by atoms with Crippen molar-refractivity contribution >= 4 is 17.6 Å². The van der Waals surface area contributed by atoms with E-state index in [1.807, 2.05) is 6.07 Å². The van der Waals surface area contributed by atoms with Gasteiger partial charge in [0.15, 0.2) is 0 Å². The van der Waals surface area contributed by atoms with E-state index in [-0.39, 0.29) is 5.95 Å². The highest BCUT2D eigenvalue weighted by Gasteiger charge is 2.36. The van der Waals surface area contributed by atoms with Crippen LogP contribution in [0, 0.1) is 12.8 Å². The van der Waals surface area contributed by atoms with Crippen molar-refractivity contribution in [1.82, 2.24) is 20.8 Å². The molecule has 138 valence electrons. The predicted octanol–water partition coefficient (Wildman–Crippen LogP) is 1.43. The van der Waals surface area contributed by atoms with Gasteiger partial charge in [0.1, 0.15) is 11.6 Å². The number of nitrogens with one attached hydrogen (secondary N) is 2. The van der Waals surface area contributed by atoms with Gasteiger partial charge in [-0.2, -0.15) is 9.97 Å². The lowest BCUT2D eigenvalue weighted by atomic mass is 9.80. The van der Waals surface area contributed by atoms with E-state index < -0.39 is 0 Å². The van der Waals surface area contributed by atoms with Crippen molar-refractivity contribution in [3.63, 3.8) is 0 Å². The summed E-state index contributed by atoms with van der Waals surface area (Å²) < 4.78 is 0. The number of anilines is 3. The van der Waals surface area contributed by atoms with Crippen LogP contribution in [-0.2, 0) is 0 Å². The summed E-state index contributed by atoms with van der Waals surface area (Å²) in [7, 11) is 0. The van der Waals surface area contributed by atoms with E-state index in [1.165, 1.54) is 11.1 Å². The van der Waals surface area contributed by atoms with Gasteiger partial charge in [0.25, 0.3) is 0 Å². The van der Waals surface area contributed by atoms with Gasteiger partial charge in [-0.25, -0.2) is 0 Å². The summed E-state index contributed by atoms with van der Waals surface area (Å²) in [6.07, 6.45) is 2.23. The number of hydrazine groups is 1. The summed E-state index contributed by atoms with van der Waals surface area (Å²) in [5.41, 5.74) is 21.2. The van der Waals surface area contributed by atoms with Crippen molar-refractivity contribution in [1.29, 1.82) is 0 Å². The Balaban J connectivity index is 1.44. The fourth-order valence-corrected chi connectivity index (χ4v) is 4.31. The monoisotopic (exact) mass is 353 g/mol. The highest BCUT2D eigenvalue weighted by molar-refractivity contribution is 5.50. The maximum Gasteiger partial charge on any atom is 0.223 e. The molecule has 2 aliphatic heterocycles. The van der Waals surface area contributed by atoms with E-state index in [0.717, 1.165) is 38.3 Å². The Morgan fingerprint density at radius 1 is 1.12 bits per heavy atom. The van der Waals surface area contributed by atoms with Crippen LogP contribution in [0.5, 0.6) is 0 Å². The molecule has 2 fully saturated rings. The van der Waals surface area contributed by atoms with Gasteiger partial charge in [-0.15, -0.1) is 0 Å². The van der Waals surface area contributed by atoms with Gasteiger partial charge in [0.2, 0.25) is 5.95 Å². The number of hydrogen-bond acceptors (Lipinski definition) is 7. The van der Waals surface area contributed by atoms with Gasteiger partial charge >= 0.3 is 0 Å². The third-order valence-corrected chi connectivity index (χ3v) is 5.62. The van der Waals surface area contributed by atoms with Crippen molar-refractivity contribution in [2.45, 2.75) is 31.7 Å². The number of nitrogens with two attached hydrogens (primary N) is 2. The Bertz CT molecular complexity index is 750. The Kier molecular flexibility index (Phi) is 4.65. The third-order valence-electron chi connectivity index (χ3n) is 5.62. The van der Waals surface area contributed by atoms with Crippen molar-refractivity contribution < 1.29 is 0 Å². The minimum Gasteiger partial charge on any atom is -0.383 e. The molecule has 7 heteroatoms.